The third-order valence-corrected chi connectivity index (χ3v) is 17.6. The van der Waals surface area contributed by atoms with Crippen LogP contribution in [0.15, 0.2) is 200 Å². The molecule has 2 nitrogen and oxygen atoms in total. The molecule has 0 bridgehead atoms. The smallest absolute Gasteiger partial charge is 0.0725 e. The Morgan fingerprint density at radius 3 is 1.79 bits per heavy atom. The van der Waals surface area contributed by atoms with Gasteiger partial charge in [-0.15, -0.1) is 11.3 Å². The Labute approximate surface area is 384 Å². The van der Waals surface area contributed by atoms with Gasteiger partial charge in [0.1, 0.15) is 0 Å². The van der Waals surface area contributed by atoms with Crippen LogP contribution in [0.5, 0.6) is 0 Å². The van der Waals surface area contributed by atoms with Gasteiger partial charge in [0.15, 0.2) is 0 Å². The quantitative estimate of drug-likeness (QED) is 0.160. The van der Waals surface area contributed by atoms with Crippen molar-refractivity contribution in [2.75, 3.05) is 4.90 Å². The van der Waals surface area contributed by atoms with E-state index >= 15 is 0 Å². The highest BCUT2D eigenvalue weighted by molar-refractivity contribution is 7.25. The van der Waals surface area contributed by atoms with E-state index in [9.17, 15) is 0 Å². The molecule has 1 atom stereocenters. The summed E-state index contributed by atoms with van der Waals surface area (Å²) in [6, 6.07) is 77.0. The number of benzene rings is 10. The Bertz CT molecular complexity index is 4230. The molecular formula is C63H36N2S. The van der Waals surface area contributed by atoms with Gasteiger partial charge in [0, 0.05) is 58.7 Å². The lowest BCUT2D eigenvalue weighted by Crippen LogP contribution is -2.33. The Morgan fingerprint density at radius 1 is 0.379 bits per heavy atom. The lowest BCUT2D eigenvalue weighted by molar-refractivity contribution is 0.696. The van der Waals surface area contributed by atoms with Crippen LogP contribution in [-0.4, -0.2) is 4.57 Å². The van der Waals surface area contributed by atoms with E-state index < -0.39 is 10.8 Å². The summed E-state index contributed by atoms with van der Waals surface area (Å²) in [6.45, 7) is 2.56. The standard InChI is InChI=1S/C63H36N2S/c1-62-49-25-14-21-43-39-18-5-11-26-52(39)65-53-27-12-6-19-40(53)45-33-55(60(62)59(58(43)49)61(45)65)64(35-29-30-42-41-20-7-13-28-56(41)66-57(42)31-35)54-32-44-38-17-4-10-24-48(38)63(50(44)34-51(54)62)46-22-8-2-15-36(46)37-16-3-9-23-47(37)63/h2-34H,1H3. The fourth-order valence-electron chi connectivity index (χ4n) is 14.0. The van der Waals surface area contributed by atoms with Gasteiger partial charge in [0.25, 0.3) is 0 Å². The van der Waals surface area contributed by atoms with E-state index in [0.717, 1.165) is 0 Å². The number of hydrogen-bond donors (Lipinski definition) is 0. The van der Waals surface area contributed by atoms with Gasteiger partial charge in [-0.2, -0.15) is 0 Å². The van der Waals surface area contributed by atoms with E-state index in [-0.39, 0.29) is 0 Å². The fourth-order valence-corrected chi connectivity index (χ4v) is 15.2. The molecule has 3 heteroatoms. The van der Waals surface area contributed by atoms with Gasteiger partial charge in [-0.25, -0.2) is 0 Å². The molecule has 1 spiro atoms. The lowest BCUT2D eigenvalue weighted by atomic mass is 9.66. The van der Waals surface area contributed by atoms with E-state index in [1.165, 1.54) is 148 Å². The summed E-state index contributed by atoms with van der Waals surface area (Å²) in [5.74, 6) is 0. The van der Waals surface area contributed by atoms with Crippen LogP contribution < -0.4 is 4.90 Å². The van der Waals surface area contributed by atoms with Crippen LogP contribution in [-0.2, 0) is 10.8 Å². The molecule has 66 heavy (non-hydrogen) atoms. The number of para-hydroxylation sites is 2. The molecule has 304 valence electrons. The highest BCUT2D eigenvalue weighted by Crippen LogP contribution is 2.70. The van der Waals surface area contributed by atoms with Crippen molar-refractivity contribution >= 4 is 70.4 Å². The lowest BCUT2D eigenvalue weighted by Gasteiger charge is -2.43. The number of nitrogens with zero attached hydrogens (tertiary/aromatic N) is 2. The Hall–Kier alpha value is -7.98. The van der Waals surface area contributed by atoms with Gasteiger partial charge in [-0.3, -0.25) is 0 Å². The van der Waals surface area contributed by atoms with Gasteiger partial charge in [0.05, 0.1) is 33.5 Å². The molecule has 0 amide bonds. The Balaban J connectivity index is 1.07. The predicted molar refractivity (Wildman–Crippen MR) is 275 cm³/mol. The normalized spacial score (nSPS) is 16.7. The summed E-state index contributed by atoms with van der Waals surface area (Å²) in [7, 11) is 0. The van der Waals surface area contributed by atoms with Gasteiger partial charge < -0.3 is 9.47 Å². The highest BCUT2D eigenvalue weighted by Gasteiger charge is 2.56. The molecular weight excluding hydrogens is 817 g/mol. The monoisotopic (exact) mass is 852 g/mol. The second-order valence-electron chi connectivity index (χ2n) is 19.2. The molecule has 10 aromatic carbocycles. The highest BCUT2D eigenvalue weighted by atomic mass is 32.1. The van der Waals surface area contributed by atoms with Gasteiger partial charge in [-0.1, -0.05) is 158 Å². The van der Waals surface area contributed by atoms with Crippen LogP contribution in [0.3, 0.4) is 0 Å². The average Bonchev–Trinajstić information content (AvgIpc) is 4.12. The maximum Gasteiger partial charge on any atom is 0.0725 e. The second kappa shape index (κ2) is 11.4. The number of thiophene rings is 1. The first-order valence-corrected chi connectivity index (χ1v) is 24.0. The minimum atomic E-state index is -0.478. The number of anilines is 3. The van der Waals surface area contributed by atoms with Crippen LogP contribution >= 0.6 is 11.3 Å². The third kappa shape index (κ3) is 3.67. The summed E-state index contributed by atoms with van der Waals surface area (Å²) in [5.41, 5.74) is 26.8. The molecule has 17 rings (SSSR count). The number of rotatable bonds is 1. The summed E-state index contributed by atoms with van der Waals surface area (Å²) >= 11 is 1.90. The molecule has 0 N–H and O–H groups in total. The van der Waals surface area contributed by atoms with Gasteiger partial charge >= 0.3 is 0 Å². The minimum Gasteiger partial charge on any atom is -0.310 e. The van der Waals surface area contributed by atoms with Crippen molar-refractivity contribution in [3.63, 3.8) is 0 Å². The molecule has 2 aromatic heterocycles. The first-order chi connectivity index (χ1) is 32.6. The molecule has 0 saturated carbocycles. The van der Waals surface area contributed by atoms with E-state index in [1.807, 2.05) is 11.3 Å². The largest absolute Gasteiger partial charge is 0.310 e. The molecule has 1 unspecified atom stereocenters. The second-order valence-corrected chi connectivity index (χ2v) is 20.3. The molecule has 0 fully saturated rings. The van der Waals surface area contributed by atoms with Crippen molar-refractivity contribution in [1.82, 2.24) is 4.57 Å². The minimum absolute atomic E-state index is 0.460. The third-order valence-electron chi connectivity index (χ3n) is 16.5. The van der Waals surface area contributed by atoms with Crippen LogP contribution in [0.25, 0.3) is 92.2 Å². The Kier molecular flexibility index (Phi) is 5.97. The molecule has 2 aliphatic heterocycles. The van der Waals surface area contributed by atoms with E-state index in [2.05, 4.69) is 217 Å². The maximum absolute atomic E-state index is 2.68. The molecule has 12 aromatic rings. The summed E-state index contributed by atoms with van der Waals surface area (Å²) in [4.78, 5) is 2.66. The van der Waals surface area contributed by atoms with Crippen LogP contribution in [0.2, 0.25) is 0 Å². The zero-order valence-electron chi connectivity index (χ0n) is 35.9. The zero-order chi connectivity index (χ0) is 42.8. The molecule has 5 aliphatic rings. The first-order valence-electron chi connectivity index (χ1n) is 23.2. The van der Waals surface area contributed by atoms with Crippen molar-refractivity contribution in [2.45, 2.75) is 17.8 Å². The van der Waals surface area contributed by atoms with Crippen LogP contribution in [0.1, 0.15) is 45.9 Å². The van der Waals surface area contributed by atoms with Gasteiger partial charge in [0.2, 0.25) is 0 Å². The number of fused-ring (bicyclic) bond motifs is 22. The summed E-state index contributed by atoms with van der Waals surface area (Å²) in [5, 5.41) is 5.21. The van der Waals surface area contributed by atoms with Crippen molar-refractivity contribution in [1.29, 1.82) is 0 Å². The van der Waals surface area contributed by atoms with Gasteiger partial charge in [-0.05, 0) is 116 Å². The average molecular weight is 853 g/mol. The molecule has 4 heterocycles. The SMILES string of the molecule is CC12c3cc4c(cc3N(c3ccc5c(c3)sc3ccccc35)c3cc5c6ccccc6n6c5c(c31)-c1c(cccc12)-c1ccccc1-6)-c1ccccc1C41c2ccccc2-c2ccccc21. The molecule has 3 aliphatic carbocycles. The van der Waals surface area contributed by atoms with Crippen molar-refractivity contribution < 1.29 is 0 Å². The van der Waals surface area contributed by atoms with Crippen molar-refractivity contribution in [2.24, 2.45) is 0 Å². The van der Waals surface area contributed by atoms with E-state index in [1.54, 1.807) is 0 Å². The topological polar surface area (TPSA) is 8.17 Å². The molecule has 0 radical (unpaired) electrons. The van der Waals surface area contributed by atoms with Crippen molar-refractivity contribution in [3.05, 3.63) is 239 Å². The van der Waals surface area contributed by atoms with Crippen LogP contribution in [0.4, 0.5) is 17.1 Å². The number of aromatic nitrogens is 1. The van der Waals surface area contributed by atoms with E-state index in [0.29, 0.717) is 0 Å². The Morgan fingerprint density at radius 2 is 1.00 bits per heavy atom. The van der Waals surface area contributed by atoms with E-state index in [4.69, 9.17) is 0 Å². The fraction of sp³-hybridized carbons (Fsp3) is 0.0476. The first kappa shape index (κ1) is 34.4. The maximum atomic E-state index is 2.68. The summed E-state index contributed by atoms with van der Waals surface area (Å²) < 4.78 is 5.22. The van der Waals surface area contributed by atoms with Crippen LogP contribution in [0, 0.1) is 0 Å². The molecule has 0 saturated heterocycles. The zero-order valence-corrected chi connectivity index (χ0v) is 36.7. The predicted octanol–water partition coefficient (Wildman–Crippen LogP) is 16.6. The van der Waals surface area contributed by atoms with Crippen molar-refractivity contribution in [3.8, 4) is 50.2 Å². The summed E-state index contributed by atoms with van der Waals surface area (Å²) in [6.07, 6.45) is 0. The number of hydrogen-bond acceptors (Lipinski definition) is 2.